The van der Waals surface area contributed by atoms with Gasteiger partial charge in [-0.3, -0.25) is 0 Å². The van der Waals surface area contributed by atoms with Gasteiger partial charge in [-0.15, -0.1) is 9.78 Å². The number of aryl methyl sites for hydroxylation is 1. The zero-order valence-electron chi connectivity index (χ0n) is 7.89. The van der Waals surface area contributed by atoms with E-state index in [-0.39, 0.29) is 11.7 Å². The maximum atomic E-state index is 10.7. The van der Waals surface area contributed by atoms with Crippen LogP contribution in [0.1, 0.15) is 32.4 Å². The second-order valence-electron chi connectivity index (χ2n) is 3.03. The zero-order valence-corrected chi connectivity index (χ0v) is 7.89. The lowest BCUT2D eigenvalue weighted by molar-refractivity contribution is -0.393. The van der Waals surface area contributed by atoms with Crippen molar-refractivity contribution in [1.29, 1.82) is 0 Å². The fourth-order valence-electron chi connectivity index (χ4n) is 1.10. The molecular weight excluding hydrogens is 172 g/mol. The molecule has 0 spiro atoms. The molecule has 0 aliphatic heterocycles. The van der Waals surface area contributed by atoms with Crippen LogP contribution in [0, 0.1) is 10.1 Å². The molecule has 1 aromatic rings. The number of aromatic nitrogens is 3. The second-order valence-corrected chi connectivity index (χ2v) is 3.03. The molecule has 0 unspecified atom stereocenters. The van der Waals surface area contributed by atoms with E-state index in [4.69, 9.17) is 0 Å². The number of hydrogen-bond donors (Lipinski definition) is 0. The average Bonchev–Trinajstić information content (AvgIpc) is 2.46. The van der Waals surface area contributed by atoms with Gasteiger partial charge in [0, 0.05) is 11.1 Å². The minimum atomic E-state index is -0.432. The van der Waals surface area contributed by atoms with Crippen molar-refractivity contribution < 1.29 is 4.92 Å². The lowest BCUT2D eigenvalue weighted by Gasteiger charge is -1.99. The summed E-state index contributed by atoms with van der Waals surface area (Å²) in [6.07, 6.45) is 0. The summed E-state index contributed by atoms with van der Waals surface area (Å²) in [5.74, 6) is 0.0400. The molecular formula is C7H12N4O2. The van der Waals surface area contributed by atoms with E-state index < -0.39 is 4.92 Å². The Morgan fingerprint density at radius 3 is 2.62 bits per heavy atom. The molecule has 0 N–H and O–H groups in total. The van der Waals surface area contributed by atoms with Gasteiger partial charge in [0.2, 0.25) is 0 Å². The third kappa shape index (κ3) is 1.66. The Bertz CT molecular complexity index is 318. The first-order chi connectivity index (χ1) is 6.07. The predicted octanol–water partition coefficient (Wildman–Crippen LogP) is 1.33. The van der Waals surface area contributed by atoms with Crippen LogP contribution in [0.25, 0.3) is 0 Å². The number of nitro groups is 1. The molecule has 0 aliphatic rings. The Hall–Kier alpha value is -1.46. The van der Waals surface area contributed by atoms with Crippen molar-refractivity contribution in [2.24, 2.45) is 0 Å². The lowest BCUT2D eigenvalue weighted by atomic mass is 10.1. The molecule has 0 aromatic carbocycles. The molecule has 1 heterocycles. The minimum Gasteiger partial charge on any atom is -0.358 e. The molecule has 72 valence electrons. The van der Waals surface area contributed by atoms with E-state index in [0.717, 1.165) is 0 Å². The van der Waals surface area contributed by atoms with Crippen LogP contribution in [0.3, 0.4) is 0 Å². The van der Waals surface area contributed by atoms with Crippen molar-refractivity contribution in [2.75, 3.05) is 0 Å². The van der Waals surface area contributed by atoms with Gasteiger partial charge in [0.25, 0.3) is 0 Å². The average molecular weight is 184 g/mol. The van der Waals surface area contributed by atoms with E-state index in [9.17, 15) is 10.1 Å². The molecule has 0 bridgehead atoms. The quantitative estimate of drug-likeness (QED) is 0.524. The molecule has 13 heavy (non-hydrogen) atoms. The largest absolute Gasteiger partial charge is 0.368 e. The van der Waals surface area contributed by atoms with Gasteiger partial charge in [-0.1, -0.05) is 13.8 Å². The van der Waals surface area contributed by atoms with Crippen LogP contribution in [0.4, 0.5) is 5.82 Å². The summed E-state index contributed by atoms with van der Waals surface area (Å²) >= 11 is 0. The Labute approximate surface area is 75.7 Å². The summed E-state index contributed by atoms with van der Waals surface area (Å²) < 4.78 is 1.30. The van der Waals surface area contributed by atoms with Gasteiger partial charge in [-0.25, -0.2) is 0 Å². The standard InChI is InChI=1S/C7H12N4O2/c1-4-10-7(11(12)13)6(5(2)3)8-9-10/h5H,4H2,1-3H3. The Balaban J connectivity index is 3.22. The van der Waals surface area contributed by atoms with Crippen molar-refractivity contribution in [3.05, 3.63) is 15.8 Å². The zero-order chi connectivity index (χ0) is 10.0. The van der Waals surface area contributed by atoms with Crippen LogP contribution < -0.4 is 0 Å². The highest BCUT2D eigenvalue weighted by molar-refractivity contribution is 5.27. The molecule has 0 radical (unpaired) electrons. The number of nitrogens with zero attached hydrogens (tertiary/aromatic N) is 4. The third-order valence-electron chi connectivity index (χ3n) is 1.75. The summed E-state index contributed by atoms with van der Waals surface area (Å²) in [5, 5.41) is 18.2. The van der Waals surface area contributed by atoms with Crippen LogP contribution in [-0.2, 0) is 6.54 Å². The van der Waals surface area contributed by atoms with Crippen LogP contribution in [0.5, 0.6) is 0 Å². The molecule has 6 heteroatoms. The van der Waals surface area contributed by atoms with E-state index in [1.807, 2.05) is 13.8 Å². The topological polar surface area (TPSA) is 73.8 Å². The van der Waals surface area contributed by atoms with Gasteiger partial charge < -0.3 is 10.1 Å². The summed E-state index contributed by atoms with van der Waals surface area (Å²) in [6, 6.07) is 0. The molecule has 0 fully saturated rings. The van der Waals surface area contributed by atoms with Gasteiger partial charge >= 0.3 is 5.82 Å². The first kappa shape index (κ1) is 9.63. The van der Waals surface area contributed by atoms with Gasteiger partial charge in [0.15, 0.2) is 5.69 Å². The maximum absolute atomic E-state index is 10.7. The monoisotopic (exact) mass is 184 g/mol. The fraction of sp³-hybridized carbons (Fsp3) is 0.714. The lowest BCUT2D eigenvalue weighted by Crippen LogP contribution is -2.04. The normalized spacial score (nSPS) is 10.8. The summed E-state index contributed by atoms with van der Waals surface area (Å²) in [7, 11) is 0. The highest BCUT2D eigenvalue weighted by Gasteiger charge is 2.24. The Kier molecular flexibility index (Phi) is 2.60. The maximum Gasteiger partial charge on any atom is 0.368 e. The van der Waals surface area contributed by atoms with Crippen molar-refractivity contribution in [3.8, 4) is 0 Å². The first-order valence-corrected chi connectivity index (χ1v) is 4.15. The number of rotatable bonds is 3. The van der Waals surface area contributed by atoms with Crippen LogP contribution >= 0.6 is 0 Å². The smallest absolute Gasteiger partial charge is 0.358 e. The van der Waals surface area contributed by atoms with Crippen LogP contribution in [-0.4, -0.2) is 19.9 Å². The molecule has 0 atom stereocenters. The van der Waals surface area contributed by atoms with Gasteiger partial charge in [-0.2, -0.15) is 0 Å². The summed E-state index contributed by atoms with van der Waals surface area (Å²) in [6.45, 7) is 5.98. The SMILES string of the molecule is CCn1nnc(C(C)C)c1[N+](=O)[O-]. The van der Waals surface area contributed by atoms with Crippen molar-refractivity contribution in [3.63, 3.8) is 0 Å². The molecule has 1 aromatic heterocycles. The van der Waals surface area contributed by atoms with Crippen LogP contribution in [0.15, 0.2) is 0 Å². The summed E-state index contributed by atoms with van der Waals surface area (Å²) in [5.41, 5.74) is 0.451. The van der Waals surface area contributed by atoms with Gasteiger partial charge in [-0.05, 0) is 11.8 Å². The van der Waals surface area contributed by atoms with Crippen molar-refractivity contribution in [1.82, 2.24) is 15.0 Å². The van der Waals surface area contributed by atoms with Gasteiger partial charge in [0.05, 0.1) is 0 Å². The predicted molar refractivity (Wildman–Crippen MR) is 46.4 cm³/mol. The third-order valence-corrected chi connectivity index (χ3v) is 1.75. The van der Waals surface area contributed by atoms with Crippen molar-refractivity contribution in [2.45, 2.75) is 33.2 Å². The highest BCUT2D eigenvalue weighted by atomic mass is 16.6. The molecule has 0 saturated heterocycles. The molecule has 0 saturated carbocycles. The first-order valence-electron chi connectivity index (χ1n) is 4.15. The molecule has 1 rings (SSSR count). The Morgan fingerprint density at radius 1 is 1.62 bits per heavy atom. The van der Waals surface area contributed by atoms with E-state index in [0.29, 0.717) is 12.2 Å². The minimum absolute atomic E-state index is 0.0116. The van der Waals surface area contributed by atoms with Crippen LogP contribution in [0.2, 0.25) is 0 Å². The van der Waals surface area contributed by atoms with E-state index >= 15 is 0 Å². The summed E-state index contributed by atoms with van der Waals surface area (Å²) in [4.78, 5) is 10.2. The molecule has 0 amide bonds. The highest BCUT2D eigenvalue weighted by Crippen LogP contribution is 2.22. The second kappa shape index (κ2) is 3.51. The van der Waals surface area contributed by atoms with Gasteiger partial charge in [0.1, 0.15) is 6.54 Å². The van der Waals surface area contributed by atoms with E-state index in [1.165, 1.54) is 4.68 Å². The number of hydrogen-bond acceptors (Lipinski definition) is 4. The fourth-order valence-corrected chi connectivity index (χ4v) is 1.10. The molecule has 6 nitrogen and oxygen atoms in total. The van der Waals surface area contributed by atoms with E-state index in [1.54, 1.807) is 6.92 Å². The van der Waals surface area contributed by atoms with E-state index in [2.05, 4.69) is 10.3 Å². The Morgan fingerprint density at radius 2 is 2.23 bits per heavy atom. The van der Waals surface area contributed by atoms with Crippen molar-refractivity contribution >= 4 is 5.82 Å². The molecule has 0 aliphatic carbocycles.